The first-order valence-electron chi connectivity index (χ1n) is 6.89. The average molecular weight is 294 g/mol. The van der Waals surface area contributed by atoms with Crippen molar-refractivity contribution in [2.75, 3.05) is 28.4 Å². The Hall–Kier alpha value is -2.11. The van der Waals surface area contributed by atoms with Gasteiger partial charge in [0.25, 0.3) is 0 Å². The van der Waals surface area contributed by atoms with Gasteiger partial charge in [-0.1, -0.05) is 0 Å². The molecule has 6 nitrogen and oxygen atoms in total. The van der Waals surface area contributed by atoms with E-state index in [2.05, 4.69) is 5.32 Å². The van der Waals surface area contributed by atoms with Crippen LogP contribution in [0.1, 0.15) is 18.4 Å². The summed E-state index contributed by atoms with van der Waals surface area (Å²) < 4.78 is 15.9. The standard InChI is InChI=1S/C15H22N2O4/c1-17(15(18)16-11-5-6-11)9-10-7-12(19-2)14(21-4)13(8-10)20-3/h7-8,11H,5-6,9H2,1-4H3,(H,16,18). The zero-order valence-electron chi connectivity index (χ0n) is 12.9. The SMILES string of the molecule is COc1cc(CN(C)C(=O)NC2CC2)cc(OC)c1OC. The van der Waals surface area contributed by atoms with Crippen molar-refractivity contribution in [1.82, 2.24) is 10.2 Å². The Morgan fingerprint density at radius 2 is 1.76 bits per heavy atom. The molecule has 1 N–H and O–H groups in total. The highest BCUT2D eigenvalue weighted by atomic mass is 16.5. The normalized spacial score (nSPS) is 13.5. The Kier molecular flexibility index (Phi) is 4.77. The van der Waals surface area contributed by atoms with E-state index in [1.807, 2.05) is 12.1 Å². The molecule has 0 spiro atoms. The summed E-state index contributed by atoms with van der Waals surface area (Å²) in [7, 11) is 6.48. The van der Waals surface area contributed by atoms with Gasteiger partial charge in [-0.3, -0.25) is 0 Å². The molecule has 2 rings (SSSR count). The molecule has 0 aromatic heterocycles. The molecule has 0 radical (unpaired) electrons. The monoisotopic (exact) mass is 294 g/mol. The van der Waals surface area contributed by atoms with Crippen LogP contribution in [-0.2, 0) is 6.54 Å². The van der Waals surface area contributed by atoms with Crippen molar-refractivity contribution in [2.45, 2.75) is 25.4 Å². The van der Waals surface area contributed by atoms with E-state index < -0.39 is 0 Å². The molecule has 0 unspecified atom stereocenters. The summed E-state index contributed by atoms with van der Waals surface area (Å²) in [5.41, 5.74) is 0.915. The maximum atomic E-state index is 12.0. The largest absolute Gasteiger partial charge is 0.493 e. The van der Waals surface area contributed by atoms with Crippen LogP contribution in [0.4, 0.5) is 4.79 Å². The number of nitrogens with zero attached hydrogens (tertiary/aromatic N) is 1. The predicted molar refractivity (Wildman–Crippen MR) is 79.1 cm³/mol. The number of benzene rings is 1. The second kappa shape index (κ2) is 6.56. The van der Waals surface area contributed by atoms with Gasteiger partial charge in [0, 0.05) is 19.6 Å². The molecule has 1 aromatic rings. The summed E-state index contributed by atoms with van der Waals surface area (Å²) in [5.74, 6) is 1.72. The number of urea groups is 1. The Morgan fingerprint density at radius 3 is 2.19 bits per heavy atom. The van der Waals surface area contributed by atoms with Crippen molar-refractivity contribution in [1.29, 1.82) is 0 Å². The molecule has 0 saturated heterocycles. The van der Waals surface area contributed by atoms with E-state index in [1.54, 1.807) is 33.3 Å². The Morgan fingerprint density at radius 1 is 1.19 bits per heavy atom. The van der Waals surface area contributed by atoms with Gasteiger partial charge >= 0.3 is 6.03 Å². The highest BCUT2D eigenvalue weighted by Gasteiger charge is 2.25. The molecular formula is C15H22N2O4. The number of rotatable bonds is 6. The van der Waals surface area contributed by atoms with E-state index in [-0.39, 0.29) is 6.03 Å². The topological polar surface area (TPSA) is 60.0 Å². The van der Waals surface area contributed by atoms with Gasteiger partial charge in [-0.25, -0.2) is 4.79 Å². The van der Waals surface area contributed by atoms with Crippen LogP contribution in [0, 0.1) is 0 Å². The number of carbonyl (C=O) groups excluding carboxylic acids is 1. The number of hydrogen-bond acceptors (Lipinski definition) is 4. The van der Waals surface area contributed by atoms with Gasteiger partial charge in [0.05, 0.1) is 21.3 Å². The summed E-state index contributed by atoms with van der Waals surface area (Å²) in [6, 6.07) is 3.98. The molecular weight excluding hydrogens is 272 g/mol. The summed E-state index contributed by atoms with van der Waals surface area (Å²) in [5, 5.41) is 2.95. The molecule has 1 fully saturated rings. The van der Waals surface area contributed by atoms with Gasteiger partial charge in [0.1, 0.15) is 0 Å². The van der Waals surface area contributed by atoms with Crippen molar-refractivity contribution < 1.29 is 19.0 Å². The van der Waals surface area contributed by atoms with E-state index in [0.29, 0.717) is 29.8 Å². The Bertz CT molecular complexity index is 489. The van der Waals surface area contributed by atoms with Crippen LogP contribution in [0.2, 0.25) is 0 Å². The number of methoxy groups -OCH3 is 3. The quantitative estimate of drug-likeness (QED) is 0.872. The summed E-state index contributed by atoms with van der Waals surface area (Å²) in [4.78, 5) is 13.6. The fraction of sp³-hybridized carbons (Fsp3) is 0.533. The third-order valence-corrected chi connectivity index (χ3v) is 3.40. The zero-order chi connectivity index (χ0) is 15.4. The van der Waals surface area contributed by atoms with E-state index in [4.69, 9.17) is 14.2 Å². The van der Waals surface area contributed by atoms with Crippen LogP contribution in [0.15, 0.2) is 12.1 Å². The van der Waals surface area contributed by atoms with Gasteiger partial charge in [-0.05, 0) is 30.5 Å². The van der Waals surface area contributed by atoms with Crippen molar-refractivity contribution in [3.8, 4) is 17.2 Å². The molecule has 1 aromatic carbocycles. The number of ether oxygens (including phenoxy) is 3. The fourth-order valence-corrected chi connectivity index (χ4v) is 2.08. The molecule has 0 heterocycles. The first kappa shape index (κ1) is 15.3. The second-order valence-electron chi connectivity index (χ2n) is 5.11. The third-order valence-electron chi connectivity index (χ3n) is 3.40. The van der Waals surface area contributed by atoms with Crippen molar-refractivity contribution in [3.63, 3.8) is 0 Å². The summed E-state index contributed by atoms with van der Waals surface area (Å²) >= 11 is 0. The molecule has 0 bridgehead atoms. The predicted octanol–water partition coefficient (Wildman–Crippen LogP) is 2.02. The van der Waals surface area contributed by atoms with E-state index in [9.17, 15) is 4.79 Å². The fourth-order valence-electron chi connectivity index (χ4n) is 2.08. The third kappa shape index (κ3) is 3.71. The highest BCUT2D eigenvalue weighted by Crippen LogP contribution is 2.38. The van der Waals surface area contributed by atoms with Crippen LogP contribution >= 0.6 is 0 Å². The van der Waals surface area contributed by atoms with Crippen LogP contribution < -0.4 is 19.5 Å². The number of nitrogens with one attached hydrogen (secondary N) is 1. The first-order valence-corrected chi connectivity index (χ1v) is 6.89. The lowest BCUT2D eigenvalue weighted by molar-refractivity contribution is 0.206. The molecule has 21 heavy (non-hydrogen) atoms. The van der Waals surface area contributed by atoms with Gasteiger partial charge in [-0.2, -0.15) is 0 Å². The molecule has 1 saturated carbocycles. The molecule has 116 valence electrons. The lowest BCUT2D eigenvalue weighted by Crippen LogP contribution is -2.37. The average Bonchev–Trinajstić information content (AvgIpc) is 3.29. The first-order chi connectivity index (χ1) is 10.1. The van der Waals surface area contributed by atoms with Crippen LogP contribution in [0.25, 0.3) is 0 Å². The highest BCUT2D eigenvalue weighted by molar-refractivity contribution is 5.74. The molecule has 2 amide bonds. The minimum absolute atomic E-state index is 0.0637. The maximum absolute atomic E-state index is 12.0. The Labute approximate surface area is 125 Å². The molecule has 1 aliphatic carbocycles. The van der Waals surface area contributed by atoms with Gasteiger partial charge < -0.3 is 24.4 Å². The molecule has 1 aliphatic rings. The lowest BCUT2D eigenvalue weighted by atomic mass is 10.1. The smallest absolute Gasteiger partial charge is 0.317 e. The van der Waals surface area contributed by atoms with E-state index in [0.717, 1.165) is 18.4 Å². The molecule has 0 atom stereocenters. The lowest BCUT2D eigenvalue weighted by Gasteiger charge is -2.20. The van der Waals surface area contributed by atoms with Crippen LogP contribution in [-0.4, -0.2) is 45.3 Å². The van der Waals surface area contributed by atoms with E-state index >= 15 is 0 Å². The van der Waals surface area contributed by atoms with Gasteiger partial charge in [0.2, 0.25) is 5.75 Å². The summed E-state index contributed by atoms with van der Waals surface area (Å²) in [6.45, 7) is 0.468. The molecule has 6 heteroatoms. The number of amides is 2. The van der Waals surface area contributed by atoms with E-state index in [1.165, 1.54) is 0 Å². The second-order valence-corrected chi connectivity index (χ2v) is 5.11. The maximum Gasteiger partial charge on any atom is 0.317 e. The summed E-state index contributed by atoms with van der Waals surface area (Å²) in [6.07, 6.45) is 2.15. The van der Waals surface area contributed by atoms with Crippen molar-refractivity contribution in [3.05, 3.63) is 17.7 Å². The van der Waals surface area contributed by atoms with Crippen molar-refractivity contribution >= 4 is 6.03 Å². The minimum Gasteiger partial charge on any atom is -0.493 e. The van der Waals surface area contributed by atoms with Gasteiger partial charge in [-0.15, -0.1) is 0 Å². The zero-order valence-corrected chi connectivity index (χ0v) is 12.9. The number of hydrogen-bond donors (Lipinski definition) is 1. The van der Waals surface area contributed by atoms with Crippen LogP contribution in [0.3, 0.4) is 0 Å². The van der Waals surface area contributed by atoms with Gasteiger partial charge in [0.15, 0.2) is 11.5 Å². The Balaban J connectivity index is 2.13. The van der Waals surface area contributed by atoms with Crippen LogP contribution in [0.5, 0.6) is 17.2 Å². The number of carbonyl (C=O) groups is 1. The van der Waals surface area contributed by atoms with Crippen molar-refractivity contribution in [2.24, 2.45) is 0 Å². The minimum atomic E-state index is -0.0637. The molecule has 0 aliphatic heterocycles.